The van der Waals surface area contributed by atoms with Crippen LogP contribution in [-0.4, -0.2) is 35.6 Å². The van der Waals surface area contributed by atoms with E-state index in [0.717, 1.165) is 12.8 Å². The second kappa shape index (κ2) is 5.99. The average Bonchev–Trinajstić information content (AvgIpc) is 2.81. The third-order valence-corrected chi connectivity index (χ3v) is 3.98. The average molecular weight is 268 g/mol. The lowest BCUT2D eigenvalue weighted by Crippen LogP contribution is -2.38. The molecule has 0 bridgehead atoms. The minimum absolute atomic E-state index is 0.0116. The summed E-state index contributed by atoms with van der Waals surface area (Å²) in [5.41, 5.74) is -0.211. The summed E-state index contributed by atoms with van der Waals surface area (Å²) < 4.78 is 19.1. The van der Waals surface area contributed by atoms with Crippen molar-refractivity contribution in [1.82, 2.24) is 0 Å². The smallest absolute Gasteiger partial charge is 0.123 e. The van der Waals surface area contributed by atoms with Gasteiger partial charge in [0.05, 0.1) is 25.4 Å². The van der Waals surface area contributed by atoms with Crippen LogP contribution in [0.15, 0.2) is 24.3 Å². The number of aliphatic hydroxyl groups is 2. The number of ether oxygens (including phenoxy) is 1. The van der Waals surface area contributed by atoms with Crippen LogP contribution in [0.3, 0.4) is 0 Å². The highest BCUT2D eigenvalue weighted by Gasteiger charge is 2.36. The van der Waals surface area contributed by atoms with E-state index in [9.17, 15) is 14.6 Å². The van der Waals surface area contributed by atoms with Crippen molar-refractivity contribution >= 4 is 0 Å². The number of aliphatic hydroxyl groups excluding tert-OH is 2. The summed E-state index contributed by atoms with van der Waals surface area (Å²) in [5, 5.41) is 19.4. The molecule has 2 unspecified atom stereocenters. The number of benzene rings is 1. The zero-order valence-electron chi connectivity index (χ0n) is 11.2. The van der Waals surface area contributed by atoms with E-state index in [4.69, 9.17) is 4.74 Å². The van der Waals surface area contributed by atoms with Crippen molar-refractivity contribution in [2.45, 2.75) is 43.8 Å². The Hall–Kier alpha value is -0.970. The Kier molecular flexibility index (Phi) is 4.55. The first-order valence-corrected chi connectivity index (χ1v) is 6.73. The minimum atomic E-state index is -0.836. The molecule has 1 aliphatic rings. The molecule has 2 rings (SSSR count). The number of hydrogen-bond donors (Lipinski definition) is 2. The fourth-order valence-corrected chi connectivity index (χ4v) is 2.77. The monoisotopic (exact) mass is 268 g/mol. The maximum Gasteiger partial charge on any atom is 0.123 e. The van der Waals surface area contributed by atoms with Gasteiger partial charge in [-0.15, -0.1) is 0 Å². The summed E-state index contributed by atoms with van der Waals surface area (Å²) in [6.07, 6.45) is 2.64. The van der Waals surface area contributed by atoms with Gasteiger partial charge in [-0.1, -0.05) is 12.1 Å². The van der Waals surface area contributed by atoms with Crippen molar-refractivity contribution in [1.29, 1.82) is 0 Å². The SMILES string of the molecule is CC1CCC(CC(CO)(CO)c2cccc(F)c2)O1. The maximum absolute atomic E-state index is 13.4. The molecule has 1 aliphatic heterocycles. The Morgan fingerprint density at radius 3 is 2.58 bits per heavy atom. The third kappa shape index (κ3) is 3.14. The second-order valence-electron chi connectivity index (χ2n) is 5.46. The molecule has 1 aromatic carbocycles. The molecule has 19 heavy (non-hydrogen) atoms. The van der Waals surface area contributed by atoms with Crippen LogP contribution in [0, 0.1) is 5.82 Å². The summed E-state index contributed by atoms with van der Waals surface area (Å²) in [7, 11) is 0. The normalized spacial score (nSPS) is 23.8. The Morgan fingerprint density at radius 1 is 1.32 bits per heavy atom. The molecule has 0 spiro atoms. The van der Waals surface area contributed by atoms with Crippen molar-refractivity contribution in [3.05, 3.63) is 35.6 Å². The van der Waals surface area contributed by atoms with Crippen LogP contribution in [0.4, 0.5) is 4.39 Å². The van der Waals surface area contributed by atoms with Gasteiger partial charge in [0.25, 0.3) is 0 Å². The fraction of sp³-hybridized carbons (Fsp3) is 0.600. The van der Waals surface area contributed by atoms with Gasteiger partial charge in [-0.05, 0) is 43.9 Å². The fourth-order valence-electron chi connectivity index (χ4n) is 2.77. The molecule has 3 nitrogen and oxygen atoms in total. The lowest BCUT2D eigenvalue weighted by Gasteiger charge is -2.32. The summed E-state index contributed by atoms with van der Waals surface area (Å²) in [5.74, 6) is -0.357. The van der Waals surface area contributed by atoms with Crippen molar-refractivity contribution in [3.63, 3.8) is 0 Å². The molecule has 1 aromatic rings. The van der Waals surface area contributed by atoms with Crippen molar-refractivity contribution in [3.8, 4) is 0 Å². The van der Waals surface area contributed by atoms with Crippen LogP contribution in [0.1, 0.15) is 31.7 Å². The molecule has 0 saturated carbocycles. The van der Waals surface area contributed by atoms with Gasteiger partial charge in [-0.3, -0.25) is 0 Å². The van der Waals surface area contributed by atoms with E-state index in [2.05, 4.69) is 0 Å². The van der Waals surface area contributed by atoms with E-state index in [1.54, 1.807) is 12.1 Å². The predicted molar refractivity (Wildman–Crippen MR) is 70.4 cm³/mol. The first-order chi connectivity index (χ1) is 9.09. The van der Waals surface area contributed by atoms with Crippen LogP contribution < -0.4 is 0 Å². The Labute approximate surface area is 113 Å². The first kappa shape index (κ1) is 14.4. The highest BCUT2D eigenvalue weighted by atomic mass is 19.1. The third-order valence-electron chi connectivity index (χ3n) is 3.98. The molecule has 1 fully saturated rings. The molecule has 0 radical (unpaired) electrons. The van der Waals surface area contributed by atoms with Crippen LogP contribution in [0.2, 0.25) is 0 Å². The van der Waals surface area contributed by atoms with Crippen LogP contribution in [0.5, 0.6) is 0 Å². The van der Waals surface area contributed by atoms with Gasteiger partial charge in [0, 0.05) is 5.41 Å². The van der Waals surface area contributed by atoms with E-state index < -0.39 is 5.41 Å². The molecule has 0 aromatic heterocycles. The number of rotatable bonds is 5. The summed E-state index contributed by atoms with van der Waals surface area (Å²) in [6.45, 7) is 1.57. The van der Waals surface area contributed by atoms with E-state index in [-0.39, 0.29) is 31.2 Å². The van der Waals surface area contributed by atoms with E-state index in [0.29, 0.717) is 12.0 Å². The first-order valence-electron chi connectivity index (χ1n) is 6.73. The molecule has 0 aliphatic carbocycles. The highest BCUT2D eigenvalue weighted by Crippen LogP contribution is 2.34. The topological polar surface area (TPSA) is 49.7 Å². The van der Waals surface area contributed by atoms with Crippen molar-refractivity contribution in [2.24, 2.45) is 0 Å². The molecule has 1 saturated heterocycles. The lowest BCUT2D eigenvalue weighted by atomic mass is 9.77. The van der Waals surface area contributed by atoms with Gasteiger partial charge in [-0.2, -0.15) is 0 Å². The summed E-state index contributed by atoms with van der Waals surface area (Å²) in [4.78, 5) is 0. The van der Waals surface area contributed by atoms with E-state index >= 15 is 0 Å². The molecule has 106 valence electrons. The van der Waals surface area contributed by atoms with Crippen LogP contribution in [-0.2, 0) is 10.2 Å². The molecule has 0 amide bonds. The number of hydrogen-bond acceptors (Lipinski definition) is 3. The van der Waals surface area contributed by atoms with Crippen LogP contribution >= 0.6 is 0 Å². The highest BCUT2D eigenvalue weighted by molar-refractivity contribution is 5.27. The molecular formula is C15H21FO3. The molecule has 4 heteroatoms. The van der Waals surface area contributed by atoms with Crippen LogP contribution in [0.25, 0.3) is 0 Å². The second-order valence-corrected chi connectivity index (χ2v) is 5.46. The van der Waals surface area contributed by atoms with Gasteiger partial charge >= 0.3 is 0 Å². The van der Waals surface area contributed by atoms with Crippen molar-refractivity contribution in [2.75, 3.05) is 13.2 Å². The maximum atomic E-state index is 13.4. The summed E-state index contributed by atoms with van der Waals surface area (Å²) >= 11 is 0. The summed E-state index contributed by atoms with van der Waals surface area (Å²) in [6, 6.07) is 6.08. The predicted octanol–water partition coefficient (Wildman–Crippen LogP) is 2.01. The number of halogens is 1. The molecular weight excluding hydrogens is 247 g/mol. The van der Waals surface area contributed by atoms with Gasteiger partial charge < -0.3 is 14.9 Å². The minimum Gasteiger partial charge on any atom is -0.395 e. The van der Waals surface area contributed by atoms with E-state index in [1.165, 1.54) is 12.1 Å². The molecule has 2 atom stereocenters. The van der Waals surface area contributed by atoms with E-state index in [1.807, 2.05) is 6.92 Å². The van der Waals surface area contributed by atoms with Gasteiger partial charge in [-0.25, -0.2) is 4.39 Å². The van der Waals surface area contributed by atoms with Gasteiger partial charge in [0.1, 0.15) is 5.82 Å². The lowest BCUT2D eigenvalue weighted by molar-refractivity contribution is 0.0112. The van der Waals surface area contributed by atoms with Crippen molar-refractivity contribution < 1.29 is 19.3 Å². The zero-order valence-corrected chi connectivity index (χ0v) is 11.2. The van der Waals surface area contributed by atoms with Gasteiger partial charge in [0.2, 0.25) is 0 Å². The van der Waals surface area contributed by atoms with Gasteiger partial charge in [0.15, 0.2) is 0 Å². The molecule has 1 heterocycles. The Morgan fingerprint density at radius 2 is 2.05 bits per heavy atom. The quantitative estimate of drug-likeness (QED) is 0.859. The Balaban J connectivity index is 2.21. The largest absolute Gasteiger partial charge is 0.395 e. The standard InChI is InChI=1S/C15H21FO3/c1-11-5-6-14(19-11)8-15(9-17,10-18)12-3-2-4-13(16)7-12/h2-4,7,11,14,17-18H,5-6,8-10H2,1H3. The zero-order chi connectivity index (χ0) is 13.9. The molecule has 2 N–H and O–H groups in total. The Bertz CT molecular complexity index is 418.